The molecule has 0 saturated heterocycles. The summed E-state index contributed by atoms with van der Waals surface area (Å²) in [6.07, 6.45) is 3.58. The molecule has 0 radical (unpaired) electrons. The number of thiocarbonyl (C=S) groups is 1. The van der Waals surface area contributed by atoms with E-state index in [9.17, 15) is 9.59 Å². The predicted molar refractivity (Wildman–Crippen MR) is 141 cm³/mol. The van der Waals surface area contributed by atoms with E-state index in [-0.39, 0.29) is 11.0 Å². The normalized spacial score (nSPS) is 12.1. The summed E-state index contributed by atoms with van der Waals surface area (Å²) in [6.45, 7) is 0.523. The SMILES string of the molecule is COC(=O)c1c(NC(=S)NC(=O)c2ccc(OCCc3ccccc3)c(Br)c2)sc2c1CCC2. The first-order valence-corrected chi connectivity index (χ1v) is 12.8. The van der Waals surface area contributed by atoms with E-state index in [2.05, 4.69) is 38.7 Å². The van der Waals surface area contributed by atoms with E-state index in [0.717, 1.165) is 36.1 Å². The van der Waals surface area contributed by atoms with Crippen molar-refractivity contribution in [1.29, 1.82) is 0 Å². The number of carbonyl (C=O) groups is 2. The van der Waals surface area contributed by atoms with E-state index in [0.29, 0.717) is 33.0 Å². The van der Waals surface area contributed by atoms with Gasteiger partial charge in [-0.1, -0.05) is 30.3 Å². The first-order chi connectivity index (χ1) is 16.5. The maximum absolute atomic E-state index is 12.7. The number of amides is 1. The van der Waals surface area contributed by atoms with Gasteiger partial charge in [0.2, 0.25) is 0 Å². The number of fused-ring (bicyclic) bond motifs is 1. The first-order valence-electron chi connectivity index (χ1n) is 10.8. The lowest BCUT2D eigenvalue weighted by atomic mass is 10.1. The van der Waals surface area contributed by atoms with Gasteiger partial charge in [0.1, 0.15) is 10.8 Å². The van der Waals surface area contributed by atoms with Crippen LogP contribution in [0.15, 0.2) is 53.0 Å². The van der Waals surface area contributed by atoms with Gasteiger partial charge in [-0.15, -0.1) is 11.3 Å². The van der Waals surface area contributed by atoms with Crippen LogP contribution >= 0.6 is 39.5 Å². The van der Waals surface area contributed by atoms with Crippen molar-refractivity contribution in [3.05, 3.63) is 80.1 Å². The molecule has 1 amide bonds. The molecule has 2 N–H and O–H groups in total. The molecule has 0 unspecified atom stereocenters. The number of anilines is 1. The summed E-state index contributed by atoms with van der Waals surface area (Å²) in [6, 6.07) is 15.2. The highest BCUT2D eigenvalue weighted by molar-refractivity contribution is 9.10. The van der Waals surface area contributed by atoms with Crippen molar-refractivity contribution in [3.8, 4) is 5.75 Å². The fourth-order valence-corrected chi connectivity index (χ4v) is 5.84. The number of esters is 1. The number of carbonyl (C=O) groups excluding carboxylic acids is 2. The Morgan fingerprint density at radius 1 is 1.15 bits per heavy atom. The van der Waals surface area contributed by atoms with Crippen molar-refractivity contribution in [1.82, 2.24) is 5.32 Å². The molecule has 1 aromatic heterocycles. The van der Waals surface area contributed by atoms with Gasteiger partial charge in [0.15, 0.2) is 5.11 Å². The maximum Gasteiger partial charge on any atom is 0.341 e. The second-order valence-corrected chi connectivity index (χ2v) is 10.1. The number of aryl methyl sites for hydroxylation is 1. The van der Waals surface area contributed by atoms with E-state index in [4.69, 9.17) is 21.7 Å². The van der Waals surface area contributed by atoms with E-state index in [1.807, 2.05) is 18.2 Å². The molecule has 0 saturated carbocycles. The fourth-order valence-electron chi connectivity index (χ4n) is 3.80. The fraction of sp³-hybridized carbons (Fsp3) is 0.240. The Morgan fingerprint density at radius 3 is 2.68 bits per heavy atom. The molecule has 1 heterocycles. The van der Waals surface area contributed by atoms with E-state index >= 15 is 0 Å². The van der Waals surface area contributed by atoms with Crippen LogP contribution in [0.2, 0.25) is 0 Å². The summed E-state index contributed by atoms with van der Waals surface area (Å²) < 4.78 is 11.5. The molecule has 3 aromatic rings. The monoisotopic (exact) mass is 558 g/mol. The number of benzene rings is 2. The topological polar surface area (TPSA) is 76.7 Å². The van der Waals surface area contributed by atoms with E-state index in [1.165, 1.54) is 24.0 Å². The van der Waals surface area contributed by atoms with Crippen molar-refractivity contribution >= 4 is 61.5 Å². The van der Waals surface area contributed by atoms with Crippen LogP contribution in [0.3, 0.4) is 0 Å². The van der Waals surface area contributed by atoms with Crippen LogP contribution < -0.4 is 15.4 Å². The van der Waals surface area contributed by atoms with Gasteiger partial charge in [-0.05, 0) is 76.7 Å². The van der Waals surface area contributed by atoms with Crippen molar-refractivity contribution in [2.45, 2.75) is 25.7 Å². The molecule has 0 aliphatic heterocycles. The summed E-state index contributed by atoms with van der Waals surface area (Å²) in [7, 11) is 1.36. The minimum Gasteiger partial charge on any atom is -0.492 e. The van der Waals surface area contributed by atoms with Crippen molar-refractivity contribution < 1.29 is 19.1 Å². The van der Waals surface area contributed by atoms with Crippen LogP contribution in [0.5, 0.6) is 5.75 Å². The zero-order valence-corrected chi connectivity index (χ0v) is 21.7. The summed E-state index contributed by atoms with van der Waals surface area (Å²) in [5, 5.41) is 6.41. The number of ether oxygens (including phenoxy) is 2. The van der Waals surface area contributed by atoms with Crippen LogP contribution in [0.25, 0.3) is 0 Å². The van der Waals surface area contributed by atoms with Crippen LogP contribution in [-0.2, 0) is 24.0 Å². The smallest absolute Gasteiger partial charge is 0.341 e. The Bertz CT molecular complexity index is 1230. The zero-order valence-electron chi connectivity index (χ0n) is 18.5. The summed E-state index contributed by atoms with van der Waals surface area (Å²) in [4.78, 5) is 26.2. The quantitative estimate of drug-likeness (QED) is 0.293. The average molecular weight is 560 g/mol. The van der Waals surface area contributed by atoms with Crippen LogP contribution in [0.1, 0.15) is 43.1 Å². The highest BCUT2D eigenvalue weighted by Crippen LogP contribution is 2.39. The molecule has 34 heavy (non-hydrogen) atoms. The Morgan fingerprint density at radius 2 is 1.94 bits per heavy atom. The number of nitrogens with one attached hydrogen (secondary N) is 2. The maximum atomic E-state index is 12.7. The average Bonchev–Trinajstić information content (AvgIpc) is 3.41. The molecule has 6 nitrogen and oxygen atoms in total. The highest BCUT2D eigenvalue weighted by Gasteiger charge is 2.27. The number of halogens is 1. The van der Waals surface area contributed by atoms with Crippen LogP contribution in [-0.4, -0.2) is 30.7 Å². The molecular formula is C25H23BrN2O4S2. The minimum atomic E-state index is -0.400. The van der Waals surface area contributed by atoms with Gasteiger partial charge in [-0.3, -0.25) is 10.1 Å². The third-order valence-corrected chi connectivity index (χ3v) is 7.48. The minimum absolute atomic E-state index is 0.120. The van der Waals surface area contributed by atoms with Gasteiger partial charge in [0.05, 0.1) is 23.8 Å². The van der Waals surface area contributed by atoms with Gasteiger partial charge < -0.3 is 14.8 Å². The molecule has 9 heteroatoms. The van der Waals surface area contributed by atoms with Gasteiger partial charge in [0.25, 0.3) is 5.91 Å². The molecule has 176 valence electrons. The summed E-state index contributed by atoms with van der Waals surface area (Å²) in [5.74, 6) is -0.107. The first kappa shape index (κ1) is 24.4. The molecule has 2 aromatic carbocycles. The Hall–Kier alpha value is -2.75. The van der Waals surface area contributed by atoms with Gasteiger partial charge in [-0.25, -0.2) is 4.79 Å². The number of methoxy groups -OCH3 is 1. The van der Waals surface area contributed by atoms with E-state index in [1.54, 1.807) is 18.2 Å². The molecule has 0 fully saturated rings. The molecule has 4 rings (SSSR count). The molecule has 0 bridgehead atoms. The van der Waals surface area contributed by atoms with Crippen LogP contribution in [0.4, 0.5) is 5.00 Å². The third-order valence-electron chi connectivity index (χ3n) is 5.45. The van der Waals surface area contributed by atoms with Crippen molar-refractivity contribution in [2.24, 2.45) is 0 Å². The van der Waals surface area contributed by atoms with Gasteiger partial charge in [-0.2, -0.15) is 0 Å². The number of hydrogen-bond acceptors (Lipinski definition) is 6. The second kappa shape index (κ2) is 11.1. The van der Waals surface area contributed by atoms with Crippen molar-refractivity contribution in [2.75, 3.05) is 19.0 Å². The molecule has 0 atom stereocenters. The standard InChI is InChI=1S/C25H23BrN2O4S2/c1-31-24(30)21-17-8-5-9-20(17)34-23(21)28-25(33)27-22(29)16-10-11-19(18(26)14-16)32-13-12-15-6-3-2-4-7-15/h2-4,6-7,10-11,14H,5,8-9,12-13H2,1H3,(H2,27,28,29,33). The van der Waals surface area contributed by atoms with Gasteiger partial charge >= 0.3 is 5.97 Å². The molecule has 1 aliphatic carbocycles. The summed E-state index contributed by atoms with van der Waals surface area (Å²) in [5.41, 5.74) is 3.15. The number of hydrogen-bond donors (Lipinski definition) is 2. The number of rotatable bonds is 7. The predicted octanol–water partition coefficient (Wildman–Crippen LogP) is 5.53. The highest BCUT2D eigenvalue weighted by atomic mass is 79.9. The zero-order chi connectivity index (χ0) is 24.1. The molecule has 0 spiro atoms. The van der Waals surface area contributed by atoms with Crippen LogP contribution in [0, 0.1) is 0 Å². The third kappa shape index (κ3) is 5.65. The van der Waals surface area contributed by atoms with Crippen molar-refractivity contribution in [3.63, 3.8) is 0 Å². The van der Waals surface area contributed by atoms with Gasteiger partial charge in [0, 0.05) is 16.9 Å². The Labute approximate surface area is 215 Å². The lowest BCUT2D eigenvalue weighted by Crippen LogP contribution is -2.34. The lowest BCUT2D eigenvalue weighted by molar-refractivity contribution is 0.0601. The second-order valence-electron chi connectivity index (χ2n) is 7.69. The largest absolute Gasteiger partial charge is 0.492 e. The molecular weight excluding hydrogens is 536 g/mol. The summed E-state index contributed by atoms with van der Waals surface area (Å²) >= 11 is 10.3. The number of thiophene rings is 1. The Balaban J connectivity index is 1.36. The van der Waals surface area contributed by atoms with E-state index < -0.39 is 5.97 Å². The molecule has 1 aliphatic rings. The lowest BCUT2D eigenvalue weighted by Gasteiger charge is -2.12. The Kier molecular flexibility index (Phi) is 7.97.